The molecule has 4 nitrogen and oxygen atoms in total. The Morgan fingerprint density at radius 1 is 1.13 bits per heavy atom. The fourth-order valence-electron chi connectivity index (χ4n) is 9.15. The number of carboxylic acids is 1. The summed E-state index contributed by atoms with van der Waals surface area (Å²) < 4.78 is 0. The first-order chi connectivity index (χ1) is 13.8. The maximum atomic E-state index is 11.2. The third kappa shape index (κ3) is 2.56. The summed E-state index contributed by atoms with van der Waals surface area (Å²) in [4.78, 5) is 11.2. The monoisotopic (exact) mass is 417 g/mol. The van der Waals surface area contributed by atoms with Gasteiger partial charge >= 0.3 is 5.97 Å². The molecule has 0 aromatic heterocycles. The summed E-state index contributed by atoms with van der Waals surface area (Å²) >= 11 is 0. The number of fused-ring (bicyclic) bond motifs is 5. The van der Waals surface area contributed by atoms with Crippen molar-refractivity contribution in [3.8, 4) is 0 Å². The number of hydrogen-bond donors (Lipinski definition) is 3. The van der Waals surface area contributed by atoms with E-state index in [0.717, 1.165) is 44.9 Å². The highest BCUT2D eigenvalue weighted by atomic mass is 16.4. The summed E-state index contributed by atoms with van der Waals surface area (Å²) in [6, 6.07) is 0. The highest BCUT2D eigenvalue weighted by Gasteiger charge is 2.74. The minimum atomic E-state index is -0.679. The van der Waals surface area contributed by atoms with Crippen molar-refractivity contribution in [3.63, 3.8) is 0 Å². The smallest absolute Gasteiger partial charge is 0.303 e. The van der Waals surface area contributed by atoms with Crippen molar-refractivity contribution < 1.29 is 15.0 Å². The summed E-state index contributed by atoms with van der Waals surface area (Å²) in [5.41, 5.74) is 9.01. The van der Waals surface area contributed by atoms with Gasteiger partial charge in [-0.2, -0.15) is 0 Å². The summed E-state index contributed by atoms with van der Waals surface area (Å²) in [5, 5.41) is 19.5. The van der Waals surface area contributed by atoms with Gasteiger partial charge in [0.15, 0.2) is 0 Å². The van der Waals surface area contributed by atoms with Crippen molar-refractivity contribution in [1.29, 1.82) is 0 Å². The molecule has 0 radical (unpaired) electrons. The number of nitrogens with two attached hydrogens (primary N) is 1. The lowest BCUT2D eigenvalue weighted by Crippen LogP contribution is -2.75. The molecule has 4 aliphatic carbocycles. The fourth-order valence-corrected chi connectivity index (χ4v) is 9.15. The number of aliphatic carboxylic acids is 1. The van der Waals surface area contributed by atoms with Gasteiger partial charge in [0.2, 0.25) is 0 Å². The van der Waals surface area contributed by atoms with Crippen molar-refractivity contribution in [3.05, 3.63) is 11.6 Å². The number of hydrogen-bond acceptors (Lipinski definition) is 3. The third-order valence-electron chi connectivity index (χ3n) is 11.7. The second-order valence-electron chi connectivity index (χ2n) is 12.3. The molecule has 0 aromatic carbocycles. The van der Waals surface area contributed by atoms with Crippen LogP contribution in [0.4, 0.5) is 0 Å². The van der Waals surface area contributed by atoms with E-state index >= 15 is 0 Å². The first kappa shape index (κ1) is 22.3. The molecule has 3 fully saturated rings. The fraction of sp³-hybridized carbons (Fsp3) is 0.885. The van der Waals surface area contributed by atoms with Gasteiger partial charge in [0.1, 0.15) is 0 Å². The molecule has 170 valence electrons. The van der Waals surface area contributed by atoms with E-state index in [1.54, 1.807) is 0 Å². The number of aliphatic hydroxyl groups is 1. The van der Waals surface area contributed by atoms with E-state index in [-0.39, 0.29) is 39.7 Å². The van der Waals surface area contributed by atoms with Crippen LogP contribution in [0, 0.1) is 33.5 Å². The molecule has 8 unspecified atom stereocenters. The van der Waals surface area contributed by atoms with Crippen LogP contribution in [0.3, 0.4) is 0 Å². The van der Waals surface area contributed by atoms with E-state index in [4.69, 9.17) is 5.73 Å². The van der Waals surface area contributed by atoms with Gasteiger partial charge in [-0.15, -0.1) is 0 Å². The van der Waals surface area contributed by atoms with Crippen molar-refractivity contribution in [2.24, 2.45) is 39.2 Å². The van der Waals surface area contributed by atoms with Crippen LogP contribution in [-0.4, -0.2) is 27.8 Å². The second kappa shape index (κ2) is 6.81. The molecule has 0 bridgehead atoms. The molecule has 4 rings (SSSR count). The highest BCUT2D eigenvalue weighted by molar-refractivity contribution is 5.66. The average Bonchev–Trinajstić information content (AvgIpc) is 2.96. The Balaban J connectivity index is 1.72. The molecule has 0 heterocycles. The Hall–Kier alpha value is -0.870. The van der Waals surface area contributed by atoms with Crippen LogP contribution in [0.25, 0.3) is 0 Å². The minimum Gasteiger partial charge on any atom is -0.481 e. The van der Waals surface area contributed by atoms with Crippen LogP contribution >= 0.6 is 0 Å². The maximum Gasteiger partial charge on any atom is 0.303 e. The molecule has 0 aromatic rings. The van der Waals surface area contributed by atoms with Crippen molar-refractivity contribution in [1.82, 2.24) is 0 Å². The van der Waals surface area contributed by atoms with Gasteiger partial charge in [0.25, 0.3) is 0 Å². The van der Waals surface area contributed by atoms with Crippen LogP contribution in [0.5, 0.6) is 0 Å². The van der Waals surface area contributed by atoms with Gasteiger partial charge in [-0.3, -0.25) is 4.79 Å². The average molecular weight is 418 g/mol. The number of allylic oxidation sites excluding steroid dienone is 1. The van der Waals surface area contributed by atoms with Gasteiger partial charge in [-0.05, 0) is 85.9 Å². The molecular formula is C26H43NO3. The lowest BCUT2D eigenvalue weighted by molar-refractivity contribution is -0.185. The van der Waals surface area contributed by atoms with E-state index < -0.39 is 5.97 Å². The SMILES string of the molecule is CC(CCC(=O)O)C1CCC2(C)C1(C)CCC1(N)C3(C)CCC(O)CC3=CCC21C. The zero-order valence-electron chi connectivity index (χ0n) is 19.8. The molecule has 30 heavy (non-hydrogen) atoms. The predicted octanol–water partition coefficient (Wildman–Crippen LogP) is 5.29. The molecular weight excluding hydrogens is 374 g/mol. The quantitative estimate of drug-likeness (QED) is 0.543. The van der Waals surface area contributed by atoms with Gasteiger partial charge in [0.05, 0.1) is 6.10 Å². The van der Waals surface area contributed by atoms with Crippen LogP contribution in [-0.2, 0) is 4.79 Å². The standard InChI is InChI=1S/C26H43NO3/c1-17(6-7-21(29)30)20-10-13-24(4)23(20,3)14-15-26(27)22(2)11-9-19(28)16-18(22)8-12-25(24,26)5/h8,17,19-20,28H,6-7,9-16,27H2,1-5H3,(H,29,30). The topological polar surface area (TPSA) is 83.5 Å². The van der Waals surface area contributed by atoms with Crippen LogP contribution in [0.1, 0.15) is 98.8 Å². The summed E-state index contributed by atoms with van der Waals surface area (Å²) in [6.07, 6.45) is 11.4. The first-order valence-corrected chi connectivity index (χ1v) is 12.2. The maximum absolute atomic E-state index is 11.2. The van der Waals surface area contributed by atoms with E-state index in [9.17, 15) is 15.0 Å². The van der Waals surface area contributed by atoms with Crippen LogP contribution in [0.15, 0.2) is 11.6 Å². The Kier molecular flexibility index (Phi) is 5.07. The molecule has 0 amide bonds. The lowest BCUT2D eigenvalue weighted by Gasteiger charge is -2.72. The summed E-state index contributed by atoms with van der Waals surface area (Å²) in [5.74, 6) is 0.313. The van der Waals surface area contributed by atoms with Crippen LogP contribution < -0.4 is 5.73 Å². The number of carboxylic acid groups (broad SMARTS) is 1. The van der Waals surface area contributed by atoms with E-state index in [1.807, 2.05) is 0 Å². The van der Waals surface area contributed by atoms with Crippen molar-refractivity contribution >= 4 is 5.97 Å². The summed E-state index contributed by atoms with van der Waals surface area (Å²) in [7, 11) is 0. The Morgan fingerprint density at radius 2 is 1.83 bits per heavy atom. The Labute approximate surface area is 182 Å². The van der Waals surface area contributed by atoms with Gasteiger partial charge in [0, 0.05) is 17.4 Å². The van der Waals surface area contributed by atoms with Crippen molar-refractivity contribution in [2.75, 3.05) is 0 Å². The molecule has 0 aliphatic heterocycles. The number of rotatable bonds is 4. The normalized spacial score (nSPS) is 51.4. The molecule has 0 spiro atoms. The van der Waals surface area contributed by atoms with Gasteiger partial charge in [-0.25, -0.2) is 0 Å². The molecule has 4 N–H and O–H groups in total. The van der Waals surface area contributed by atoms with Gasteiger partial charge < -0.3 is 15.9 Å². The Bertz CT molecular complexity index is 763. The van der Waals surface area contributed by atoms with E-state index in [1.165, 1.54) is 18.4 Å². The van der Waals surface area contributed by atoms with E-state index in [0.29, 0.717) is 11.8 Å². The first-order valence-electron chi connectivity index (χ1n) is 12.2. The van der Waals surface area contributed by atoms with Crippen LogP contribution in [0.2, 0.25) is 0 Å². The van der Waals surface area contributed by atoms with Crippen molar-refractivity contribution in [2.45, 2.75) is 110 Å². The zero-order valence-corrected chi connectivity index (χ0v) is 19.8. The predicted molar refractivity (Wildman–Crippen MR) is 120 cm³/mol. The number of aliphatic hydroxyl groups excluding tert-OH is 1. The van der Waals surface area contributed by atoms with E-state index in [2.05, 4.69) is 40.7 Å². The summed E-state index contributed by atoms with van der Waals surface area (Å²) in [6.45, 7) is 12.1. The molecule has 4 heteroatoms. The zero-order chi connectivity index (χ0) is 22.2. The minimum absolute atomic E-state index is 0.00874. The molecule has 4 aliphatic rings. The number of carbonyl (C=O) groups is 1. The highest BCUT2D eigenvalue weighted by Crippen LogP contribution is 2.77. The molecule has 3 saturated carbocycles. The second-order valence-corrected chi connectivity index (χ2v) is 12.3. The van der Waals surface area contributed by atoms with Gasteiger partial charge in [-0.1, -0.05) is 46.3 Å². The molecule has 0 saturated heterocycles. The largest absolute Gasteiger partial charge is 0.481 e. The Morgan fingerprint density at radius 3 is 2.50 bits per heavy atom. The third-order valence-corrected chi connectivity index (χ3v) is 11.7. The lowest BCUT2D eigenvalue weighted by atomic mass is 9.33. The molecule has 8 atom stereocenters.